The molecular weight excluding hydrogens is 320 g/mol. The van der Waals surface area contributed by atoms with Crippen LogP contribution in [0.1, 0.15) is 0 Å². The van der Waals surface area contributed by atoms with Gasteiger partial charge >= 0.3 is 11.9 Å². The highest BCUT2D eigenvalue weighted by atomic mass is 127. The van der Waals surface area contributed by atoms with Crippen molar-refractivity contribution in [1.29, 1.82) is 0 Å². The van der Waals surface area contributed by atoms with E-state index in [1.807, 2.05) is 0 Å². The SMILES string of the molecule is O=C(O)C(=O)Nc1ccc(I)cc1Cl. The molecule has 1 amide bonds. The summed E-state index contributed by atoms with van der Waals surface area (Å²) >= 11 is 7.82. The summed E-state index contributed by atoms with van der Waals surface area (Å²) in [5, 5.41) is 10.8. The van der Waals surface area contributed by atoms with Gasteiger partial charge in [-0.05, 0) is 40.8 Å². The Morgan fingerprint density at radius 3 is 2.57 bits per heavy atom. The molecule has 0 aliphatic rings. The summed E-state index contributed by atoms with van der Waals surface area (Å²) < 4.78 is 0.904. The first-order valence-electron chi connectivity index (χ1n) is 3.50. The number of hydrogen-bond donors (Lipinski definition) is 2. The van der Waals surface area contributed by atoms with E-state index in [1.54, 1.807) is 18.2 Å². The van der Waals surface area contributed by atoms with Crippen LogP contribution in [0.5, 0.6) is 0 Å². The molecule has 0 aliphatic carbocycles. The quantitative estimate of drug-likeness (QED) is 0.613. The lowest BCUT2D eigenvalue weighted by Gasteiger charge is -2.04. The number of hydrogen-bond acceptors (Lipinski definition) is 2. The molecule has 74 valence electrons. The van der Waals surface area contributed by atoms with E-state index in [1.165, 1.54) is 0 Å². The molecule has 0 fully saturated rings. The first-order chi connectivity index (χ1) is 6.50. The largest absolute Gasteiger partial charge is 0.474 e. The maximum Gasteiger partial charge on any atom is 0.394 e. The van der Waals surface area contributed by atoms with Crippen LogP contribution in [0.2, 0.25) is 5.02 Å². The van der Waals surface area contributed by atoms with Crippen LogP contribution >= 0.6 is 34.2 Å². The molecule has 0 aliphatic heterocycles. The van der Waals surface area contributed by atoms with Gasteiger partial charge in [0.1, 0.15) is 0 Å². The van der Waals surface area contributed by atoms with Gasteiger partial charge in [0.2, 0.25) is 0 Å². The molecule has 1 aromatic rings. The van der Waals surface area contributed by atoms with Gasteiger partial charge in [-0.2, -0.15) is 0 Å². The van der Waals surface area contributed by atoms with Crippen LogP contribution in [0.25, 0.3) is 0 Å². The lowest BCUT2D eigenvalue weighted by molar-refractivity contribution is -0.147. The van der Waals surface area contributed by atoms with Gasteiger partial charge in [0.15, 0.2) is 0 Å². The molecule has 0 unspecified atom stereocenters. The third kappa shape index (κ3) is 2.85. The molecule has 1 aromatic carbocycles. The fourth-order valence-electron chi connectivity index (χ4n) is 0.767. The highest BCUT2D eigenvalue weighted by Gasteiger charge is 2.12. The zero-order chi connectivity index (χ0) is 10.7. The van der Waals surface area contributed by atoms with E-state index in [4.69, 9.17) is 16.7 Å². The summed E-state index contributed by atoms with van der Waals surface area (Å²) in [6.45, 7) is 0. The van der Waals surface area contributed by atoms with Gasteiger partial charge in [0, 0.05) is 3.57 Å². The number of anilines is 1. The Morgan fingerprint density at radius 2 is 2.07 bits per heavy atom. The Morgan fingerprint density at radius 1 is 1.43 bits per heavy atom. The summed E-state index contributed by atoms with van der Waals surface area (Å²) in [6, 6.07) is 4.88. The highest BCUT2D eigenvalue weighted by molar-refractivity contribution is 14.1. The van der Waals surface area contributed by atoms with Crippen molar-refractivity contribution >= 4 is 51.8 Å². The smallest absolute Gasteiger partial charge is 0.394 e. The number of halogens is 2. The summed E-state index contributed by atoms with van der Waals surface area (Å²) in [6.07, 6.45) is 0. The molecule has 6 heteroatoms. The topological polar surface area (TPSA) is 66.4 Å². The molecule has 2 N–H and O–H groups in total. The van der Waals surface area contributed by atoms with Gasteiger partial charge in [-0.1, -0.05) is 11.6 Å². The second-order valence-corrected chi connectivity index (χ2v) is 4.04. The predicted molar refractivity (Wildman–Crippen MR) is 60.4 cm³/mol. The van der Waals surface area contributed by atoms with E-state index in [2.05, 4.69) is 27.9 Å². The number of benzene rings is 1. The number of carbonyl (C=O) groups excluding carboxylic acids is 1. The first-order valence-corrected chi connectivity index (χ1v) is 4.95. The molecule has 0 radical (unpaired) electrons. The Labute approximate surface area is 98.4 Å². The maximum absolute atomic E-state index is 10.8. The Balaban J connectivity index is 2.87. The van der Waals surface area contributed by atoms with Crippen molar-refractivity contribution in [3.05, 3.63) is 26.8 Å². The molecule has 14 heavy (non-hydrogen) atoms. The Hall–Kier alpha value is -0.820. The number of rotatable bonds is 1. The minimum absolute atomic E-state index is 0.291. The summed E-state index contributed by atoms with van der Waals surface area (Å²) in [7, 11) is 0. The van der Waals surface area contributed by atoms with Crippen LogP contribution in [0.15, 0.2) is 18.2 Å². The Kier molecular flexibility index (Phi) is 3.70. The molecule has 4 nitrogen and oxygen atoms in total. The number of nitrogens with one attached hydrogen (secondary N) is 1. The lowest BCUT2D eigenvalue weighted by Crippen LogP contribution is -2.21. The third-order valence-corrected chi connectivity index (χ3v) is 2.36. The van der Waals surface area contributed by atoms with Crippen molar-refractivity contribution in [3.63, 3.8) is 0 Å². The second kappa shape index (κ2) is 4.61. The minimum Gasteiger partial charge on any atom is -0.474 e. The zero-order valence-electron chi connectivity index (χ0n) is 6.75. The first kappa shape index (κ1) is 11.3. The second-order valence-electron chi connectivity index (χ2n) is 2.38. The van der Waals surface area contributed by atoms with Gasteiger partial charge < -0.3 is 10.4 Å². The van der Waals surface area contributed by atoms with Gasteiger partial charge in [-0.25, -0.2) is 4.79 Å². The number of carbonyl (C=O) groups is 2. The van der Waals surface area contributed by atoms with Crippen LogP contribution in [0.4, 0.5) is 5.69 Å². The fourth-order valence-corrected chi connectivity index (χ4v) is 1.67. The van der Waals surface area contributed by atoms with Crippen molar-refractivity contribution in [1.82, 2.24) is 0 Å². The number of amides is 1. The molecule has 0 aromatic heterocycles. The number of carboxylic acid groups (broad SMARTS) is 1. The number of carboxylic acids is 1. The van der Waals surface area contributed by atoms with Crippen LogP contribution in [0.3, 0.4) is 0 Å². The molecule has 0 heterocycles. The van der Waals surface area contributed by atoms with Crippen molar-refractivity contribution in [2.75, 3.05) is 5.32 Å². The molecular formula is C8H5ClINO3. The highest BCUT2D eigenvalue weighted by Crippen LogP contribution is 2.23. The van der Waals surface area contributed by atoms with Gasteiger partial charge in [-0.3, -0.25) is 4.79 Å². The molecule has 0 bridgehead atoms. The van der Waals surface area contributed by atoms with E-state index in [0.717, 1.165) is 3.57 Å². The van der Waals surface area contributed by atoms with E-state index < -0.39 is 11.9 Å². The van der Waals surface area contributed by atoms with Crippen molar-refractivity contribution in [2.24, 2.45) is 0 Å². The summed E-state index contributed by atoms with van der Waals surface area (Å²) in [4.78, 5) is 21.0. The molecule has 0 saturated heterocycles. The van der Waals surface area contributed by atoms with Crippen molar-refractivity contribution in [3.8, 4) is 0 Å². The van der Waals surface area contributed by atoms with Gasteiger partial charge in [-0.15, -0.1) is 0 Å². The normalized spacial score (nSPS) is 9.57. The maximum atomic E-state index is 10.8. The molecule has 0 saturated carbocycles. The van der Waals surface area contributed by atoms with E-state index in [-0.39, 0.29) is 0 Å². The van der Waals surface area contributed by atoms with Crippen LogP contribution in [0, 0.1) is 3.57 Å². The average molecular weight is 325 g/mol. The van der Waals surface area contributed by atoms with E-state index >= 15 is 0 Å². The van der Waals surface area contributed by atoms with Crippen LogP contribution in [-0.2, 0) is 9.59 Å². The third-order valence-electron chi connectivity index (χ3n) is 1.37. The van der Waals surface area contributed by atoms with Crippen LogP contribution in [-0.4, -0.2) is 17.0 Å². The fraction of sp³-hybridized carbons (Fsp3) is 0. The van der Waals surface area contributed by atoms with Gasteiger partial charge in [0.05, 0.1) is 10.7 Å². The van der Waals surface area contributed by atoms with E-state index in [0.29, 0.717) is 10.7 Å². The van der Waals surface area contributed by atoms with Crippen molar-refractivity contribution in [2.45, 2.75) is 0 Å². The summed E-state index contributed by atoms with van der Waals surface area (Å²) in [5.41, 5.74) is 0.291. The average Bonchev–Trinajstić information content (AvgIpc) is 2.09. The molecule has 0 spiro atoms. The molecule has 0 atom stereocenters. The van der Waals surface area contributed by atoms with Gasteiger partial charge in [0.25, 0.3) is 0 Å². The number of aliphatic carboxylic acids is 1. The van der Waals surface area contributed by atoms with Crippen molar-refractivity contribution < 1.29 is 14.7 Å². The van der Waals surface area contributed by atoms with Crippen LogP contribution < -0.4 is 5.32 Å². The Bertz CT molecular complexity index is 394. The monoisotopic (exact) mass is 325 g/mol. The van der Waals surface area contributed by atoms with E-state index in [9.17, 15) is 9.59 Å². The molecule has 1 rings (SSSR count). The minimum atomic E-state index is -1.54. The summed E-state index contributed by atoms with van der Waals surface area (Å²) in [5.74, 6) is -2.65. The lowest BCUT2D eigenvalue weighted by atomic mass is 10.3. The zero-order valence-corrected chi connectivity index (χ0v) is 9.67. The standard InChI is InChI=1S/C8H5ClINO3/c9-5-3-4(10)1-2-6(5)11-7(12)8(13)14/h1-3H,(H,11,12)(H,13,14). The predicted octanol–water partition coefficient (Wildman–Crippen LogP) is 1.97.